The van der Waals surface area contributed by atoms with Crippen LogP contribution in [0.25, 0.3) is 0 Å². The van der Waals surface area contributed by atoms with E-state index in [1.807, 2.05) is 9.80 Å². The lowest BCUT2D eigenvalue weighted by atomic mass is 10.0. The van der Waals surface area contributed by atoms with E-state index < -0.39 is 5.72 Å². The molecule has 22 heavy (non-hydrogen) atoms. The summed E-state index contributed by atoms with van der Waals surface area (Å²) in [5, 5.41) is 7.46. The van der Waals surface area contributed by atoms with Crippen LogP contribution in [-0.2, 0) is 20.9 Å². The van der Waals surface area contributed by atoms with Crippen LogP contribution in [-0.4, -0.2) is 67.8 Å². The van der Waals surface area contributed by atoms with Crippen molar-refractivity contribution in [3.8, 4) is 0 Å². The second-order valence-electron chi connectivity index (χ2n) is 6.10. The Kier molecular flexibility index (Phi) is 3.14. The van der Waals surface area contributed by atoms with Crippen LogP contribution in [0.15, 0.2) is 12.7 Å². The van der Waals surface area contributed by atoms with Gasteiger partial charge in [-0.2, -0.15) is 0 Å². The maximum absolute atomic E-state index is 12.5. The maximum atomic E-state index is 12.5. The van der Waals surface area contributed by atoms with E-state index in [1.54, 1.807) is 17.2 Å². The molecule has 0 aliphatic carbocycles. The van der Waals surface area contributed by atoms with Gasteiger partial charge in [-0.25, -0.2) is 0 Å². The van der Waals surface area contributed by atoms with Gasteiger partial charge in [-0.1, -0.05) is 0 Å². The van der Waals surface area contributed by atoms with Crippen LogP contribution < -0.4 is 0 Å². The van der Waals surface area contributed by atoms with Gasteiger partial charge in [-0.15, -0.1) is 10.2 Å². The molecule has 118 valence electrons. The van der Waals surface area contributed by atoms with E-state index in [0.29, 0.717) is 32.5 Å². The minimum atomic E-state index is -0.554. The van der Waals surface area contributed by atoms with Gasteiger partial charge in [-0.05, 0) is 6.42 Å². The van der Waals surface area contributed by atoms with Gasteiger partial charge in [0.05, 0.1) is 19.1 Å². The molecule has 0 saturated carbocycles. The topological polar surface area (TPSA) is 80.6 Å². The second kappa shape index (κ2) is 5.05. The highest BCUT2D eigenvalue weighted by Crippen LogP contribution is 2.44. The molecule has 3 fully saturated rings. The number of rotatable bonds is 3. The van der Waals surface area contributed by atoms with Crippen molar-refractivity contribution < 1.29 is 14.3 Å². The third-order valence-electron chi connectivity index (χ3n) is 4.98. The monoisotopic (exact) mass is 305 g/mol. The molecule has 8 heteroatoms. The molecule has 0 unspecified atom stereocenters. The zero-order chi connectivity index (χ0) is 15.2. The summed E-state index contributed by atoms with van der Waals surface area (Å²) in [6.45, 7) is 2.64. The zero-order valence-electron chi connectivity index (χ0n) is 12.3. The first-order valence-electron chi connectivity index (χ1n) is 7.77. The van der Waals surface area contributed by atoms with Crippen LogP contribution in [0.1, 0.15) is 25.7 Å². The van der Waals surface area contributed by atoms with Gasteiger partial charge in [0.2, 0.25) is 11.8 Å². The first kappa shape index (κ1) is 13.7. The zero-order valence-corrected chi connectivity index (χ0v) is 12.3. The van der Waals surface area contributed by atoms with Crippen LogP contribution in [0, 0.1) is 0 Å². The third kappa shape index (κ3) is 1.93. The highest BCUT2D eigenvalue weighted by Gasteiger charge is 2.61. The standard InChI is InChI=1S/C14H19N5O3/c20-12(2-5-17-9-15-16-10-17)18-6-3-14-11(18)8-13(21)19(14)4-1-7-22-14/h9-11H,1-8H2/t11-,14+/m1/s1. The van der Waals surface area contributed by atoms with Crippen molar-refractivity contribution in [1.29, 1.82) is 0 Å². The Labute approximate surface area is 128 Å². The number of amides is 2. The fourth-order valence-electron chi connectivity index (χ4n) is 3.95. The van der Waals surface area contributed by atoms with Crippen molar-refractivity contribution in [2.45, 2.75) is 44.0 Å². The van der Waals surface area contributed by atoms with E-state index in [1.165, 1.54) is 0 Å². The molecule has 0 N–H and O–H groups in total. The number of likely N-dealkylation sites (tertiary alicyclic amines) is 1. The summed E-state index contributed by atoms with van der Waals surface area (Å²) in [4.78, 5) is 28.5. The fraction of sp³-hybridized carbons (Fsp3) is 0.714. The molecule has 4 rings (SSSR count). The molecule has 0 bridgehead atoms. The first-order valence-corrected chi connectivity index (χ1v) is 7.77. The molecule has 1 aromatic rings. The minimum Gasteiger partial charge on any atom is -0.353 e. The summed E-state index contributed by atoms with van der Waals surface area (Å²) in [7, 11) is 0. The van der Waals surface area contributed by atoms with E-state index in [4.69, 9.17) is 4.74 Å². The Morgan fingerprint density at radius 2 is 2.18 bits per heavy atom. The van der Waals surface area contributed by atoms with Crippen molar-refractivity contribution >= 4 is 11.8 Å². The number of nitrogens with zero attached hydrogens (tertiary/aromatic N) is 5. The van der Waals surface area contributed by atoms with Gasteiger partial charge in [0, 0.05) is 32.5 Å². The highest BCUT2D eigenvalue weighted by atomic mass is 16.5. The van der Waals surface area contributed by atoms with E-state index in [0.717, 1.165) is 19.4 Å². The Morgan fingerprint density at radius 3 is 3.00 bits per heavy atom. The predicted molar refractivity (Wildman–Crippen MR) is 74.4 cm³/mol. The van der Waals surface area contributed by atoms with Crippen LogP contribution in [0.3, 0.4) is 0 Å². The maximum Gasteiger partial charge on any atom is 0.227 e. The van der Waals surface area contributed by atoms with Gasteiger partial charge >= 0.3 is 0 Å². The quantitative estimate of drug-likeness (QED) is 0.760. The Balaban J connectivity index is 1.47. The molecule has 3 aliphatic heterocycles. The van der Waals surface area contributed by atoms with Gasteiger partial charge in [-0.3, -0.25) is 9.59 Å². The Bertz CT molecular complexity index is 589. The summed E-state index contributed by atoms with van der Waals surface area (Å²) < 4.78 is 7.79. The van der Waals surface area contributed by atoms with E-state index >= 15 is 0 Å². The van der Waals surface area contributed by atoms with Crippen LogP contribution in [0.2, 0.25) is 0 Å². The molecule has 2 atom stereocenters. The van der Waals surface area contributed by atoms with Gasteiger partial charge in [0.15, 0.2) is 5.72 Å². The van der Waals surface area contributed by atoms with Gasteiger partial charge in [0.1, 0.15) is 12.7 Å². The van der Waals surface area contributed by atoms with Crippen molar-refractivity contribution in [2.24, 2.45) is 0 Å². The molecular weight excluding hydrogens is 286 g/mol. The number of aromatic nitrogens is 3. The normalized spacial score (nSPS) is 30.5. The van der Waals surface area contributed by atoms with Crippen LogP contribution >= 0.6 is 0 Å². The summed E-state index contributed by atoms with van der Waals surface area (Å²) in [6, 6.07) is -0.131. The Hall–Kier alpha value is -1.96. The number of hydrogen-bond acceptors (Lipinski definition) is 5. The summed E-state index contributed by atoms with van der Waals surface area (Å²) in [5.74, 6) is 0.181. The van der Waals surface area contributed by atoms with Crippen molar-refractivity contribution in [2.75, 3.05) is 19.7 Å². The summed E-state index contributed by atoms with van der Waals surface area (Å²) in [5.41, 5.74) is -0.554. The largest absolute Gasteiger partial charge is 0.353 e. The molecular formula is C14H19N5O3. The molecule has 0 radical (unpaired) electrons. The van der Waals surface area contributed by atoms with Crippen molar-refractivity contribution in [3.63, 3.8) is 0 Å². The lowest BCUT2D eigenvalue weighted by molar-refractivity contribution is -0.181. The van der Waals surface area contributed by atoms with Crippen LogP contribution in [0.5, 0.6) is 0 Å². The lowest BCUT2D eigenvalue weighted by Crippen LogP contribution is -2.56. The minimum absolute atomic E-state index is 0.0689. The molecule has 1 aromatic heterocycles. The summed E-state index contributed by atoms with van der Waals surface area (Å²) >= 11 is 0. The molecule has 2 amide bonds. The smallest absolute Gasteiger partial charge is 0.227 e. The predicted octanol–water partition coefficient (Wildman–Crippen LogP) is -0.382. The number of ether oxygens (including phenoxy) is 1. The van der Waals surface area contributed by atoms with E-state index in [9.17, 15) is 9.59 Å². The van der Waals surface area contributed by atoms with E-state index in [2.05, 4.69) is 10.2 Å². The average Bonchev–Trinajstić information content (AvgIpc) is 3.20. The lowest BCUT2D eigenvalue weighted by Gasteiger charge is -2.42. The SMILES string of the molecule is O=C(CCn1cnnc1)N1CC[C@@]23OCCCN2C(=O)C[C@@H]13. The van der Waals surface area contributed by atoms with Gasteiger partial charge in [0.25, 0.3) is 0 Å². The highest BCUT2D eigenvalue weighted by molar-refractivity contribution is 5.84. The van der Waals surface area contributed by atoms with Gasteiger partial charge < -0.3 is 19.1 Å². The molecule has 1 spiro atoms. The number of hydrogen-bond donors (Lipinski definition) is 0. The van der Waals surface area contributed by atoms with E-state index in [-0.39, 0.29) is 17.9 Å². The first-order chi connectivity index (χ1) is 10.7. The average molecular weight is 305 g/mol. The number of carbonyl (C=O) groups excluding carboxylic acids is 2. The molecule has 8 nitrogen and oxygen atoms in total. The van der Waals surface area contributed by atoms with Crippen molar-refractivity contribution in [1.82, 2.24) is 24.6 Å². The third-order valence-corrected chi connectivity index (χ3v) is 4.98. The Morgan fingerprint density at radius 1 is 1.36 bits per heavy atom. The fourth-order valence-corrected chi connectivity index (χ4v) is 3.95. The molecule has 0 aromatic carbocycles. The second-order valence-corrected chi connectivity index (χ2v) is 6.10. The molecule has 3 saturated heterocycles. The molecule has 4 heterocycles. The molecule has 3 aliphatic rings. The number of carbonyl (C=O) groups is 2. The van der Waals surface area contributed by atoms with Crippen LogP contribution in [0.4, 0.5) is 0 Å². The van der Waals surface area contributed by atoms with Crippen molar-refractivity contribution in [3.05, 3.63) is 12.7 Å². The summed E-state index contributed by atoms with van der Waals surface area (Å²) in [6.07, 6.45) is 5.58. The number of aryl methyl sites for hydroxylation is 1.